The van der Waals surface area contributed by atoms with Gasteiger partial charge in [0.2, 0.25) is 11.8 Å². The minimum Gasteiger partial charge on any atom is -0.495 e. The zero-order chi connectivity index (χ0) is 20.4. The van der Waals surface area contributed by atoms with E-state index in [4.69, 9.17) is 4.74 Å². The van der Waals surface area contributed by atoms with Crippen LogP contribution in [0.2, 0.25) is 0 Å². The van der Waals surface area contributed by atoms with Gasteiger partial charge in [-0.15, -0.1) is 0 Å². The minimum atomic E-state index is -0.557. The molecule has 0 bridgehead atoms. The van der Waals surface area contributed by atoms with Crippen LogP contribution in [0.25, 0.3) is 0 Å². The number of nitrogens with one attached hydrogen (secondary N) is 1. The molecule has 8 heteroatoms. The summed E-state index contributed by atoms with van der Waals surface area (Å²) in [6.45, 7) is 4.22. The van der Waals surface area contributed by atoms with E-state index in [1.54, 1.807) is 4.90 Å². The van der Waals surface area contributed by atoms with E-state index in [1.807, 2.05) is 32.0 Å². The lowest BCUT2D eigenvalue weighted by Gasteiger charge is -2.18. The van der Waals surface area contributed by atoms with E-state index in [0.29, 0.717) is 5.75 Å². The first kappa shape index (κ1) is 19.3. The van der Waals surface area contributed by atoms with E-state index in [1.165, 1.54) is 25.3 Å². The Morgan fingerprint density at radius 1 is 1.21 bits per heavy atom. The molecule has 1 aliphatic rings. The van der Waals surface area contributed by atoms with Crippen molar-refractivity contribution < 1.29 is 19.2 Å². The molecule has 146 valence electrons. The van der Waals surface area contributed by atoms with Gasteiger partial charge in [-0.1, -0.05) is 6.07 Å². The molecule has 0 unspecified atom stereocenters. The van der Waals surface area contributed by atoms with Gasteiger partial charge in [0.15, 0.2) is 0 Å². The molecule has 1 atom stereocenters. The van der Waals surface area contributed by atoms with Gasteiger partial charge in [-0.05, 0) is 43.2 Å². The van der Waals surface area contributed by atoms with Crippen molar-refractivity contribution in [1.29, 1.82) is 0 Å². The van der Waals surface area contributed by atoms with E-state index in [9.17, 15) is 19.7 Å². The standard InChI is InChI=1S/C20H21N3O5/c1-12-4-5-15(8-13(12)2)22-11-14(9-19(22)24)20(25)21-17-10-16(23(26)27)6-7-18(17)28-3/h4-8,10,14H,9,11H2,1-3H3,(H,21,25)/t14-/m0/s1. The maximum atomic E-state index is 12.7. The summed E-state index contributed by atoms with van der Waals surface area (Å²) in [5, 5.41) is 13.7. The number of anilines is 2. The highest BCUT2D eigenvalue weighted by atomic mass is 16.6. The van der Waals surface area contributed by atoms with E-state index >= 15 is 0 Å². The molecule has 0 saturated carbocycles. The summed E-state index contributed by atoms with van der Waals surface area (Å²) >= 11 is 0. The molecule has 1 aliphatic heterocycles. The number of methoxy groups -OCH3 is 1. The van der Waals surface area contributed by atoms with Crippen LogP contribution in [0.1, 0.15) is 17.5 Å². The van der Waals surface area contributed by atoms with Crippen molar-refractivity contribution in [1.82, 2.24) is 0 Å². The van der Waals surface area contributed by atoms with Gasteiger partial charge in [-0.3, -0.25) is 19.7 Å². The van der Waals surface area contributed by atoms with Gasteiger partial charge in [0, 0.05) is 30.8 Å². The Kier molecular flexibility index (Phi) is 5.30. The number of non-ortho nitro benzene ring substituents is 1. The number of ether oxygens (including phenoxy) is 1. The monoisotopic (exact) mass is 383 g/mol. The molecule has 2 aromatic carbocycles. The molecule has 2 amide bonds. The largest absolute Gasteiger partial charge is 0.495 e. The molecule has 3 rings (SSSR count). The Balaban J connectivity index is 1.77. The van der Waals surface area contributed by atoms with Crippen LogP contribution >= 0.6 is 0 Å². The number of carbonyl (C=O) groups is 2. The predicted octanol–water partition coefficient (Wildman–Crippen LogP) is 3.21. The van der Waals surface area contributed by atoms with Gasteiger partial charge in [-0.25, -0.2) is 0 Å². The van der Waals surface area contributed by atoms with E-state index < -0.39 is 10.8 Å². The molecule has 8 nitrogen and oxygen atoms in total. The average Bonchev–Trinajstić information content (AvgIpc) is 3.05. The van der Waals surface area contributed by atoms with Crippen LogP contribution < -0.4 is 15.0 Å². The fourth-order valence-electron chi connectivity index (χ4n) is 3.17. The van der Waals surface area contributed by atoms with Crippen molar-refractivity contribution in [2.75, 3.05) is 23.9 Å². The summed E-state index contributed by atoms with van der Waals surface area (Å²) in [5.74, 6) is -0.750. The number of aryl methyl sites for hydroxylation is 2. The fraction of sp³-hybridized carbons (Fsp3) is 0.300. The lowest BCUT2D eigenvalue weighted by Crippen LogP contribution is -2.28. The SMILES string of the molecule is COc1ccc([N+](=O)[O-])cc1NC(=O)[C@H]1CC(=O)N(c2ccc(C)c(C)c2)C1. The average molecular weight is 383 g/mol. The molecule has 2 aromatic rings. The van der Waals surface area contributed by atoms with E-state index in [-0.39, 0.29) is 36.2 Å². The number of benzene rings is 2. The number of rotatable bonds is 5. The number of hydrogen-bond donors (Lipinski definition) is 1. The van der Waals surface area contributed by atoms with Gasteiger partial charge in [-0.2, -0.15) is 0 Å². The highest BCUT2D eigenvalue weighted by Crippen LogP contribution is 2.31. The van der Waals surface area contributed by atoms with Gasteiger partial charge in [0.1, 0.15) is 5.75 Å². The number of hydrogen-bond acceptors (Lipinski definition) is 5. The molecule has 0 spiro atoms. The highest BCUT2D eigenvalue weighted by molar-refractivity contribution is 6.04. The molecule has 1 fully saturated rings. The number of carbonyl (C=O) groups excluding carboxylic acids is 2. The van der Waals surface area contributed by atoms with Crippen molar-refractivity contribution in [3.8, 4) is 5.75 Å². The summed E-state index contributed by atoms with van der Waals surface area (Å²) in [5.41, 5.74) is 3.01. The highest BCUT2D eigenvalue weighted by Gasteiger charge is 2.35. The zero-order valence-electron chi connectivity index (χ0n) is 15.9. The second-order valence-electron chi connectivity index (χ2n) is 6.80. The Labute approximate surface area is 162 Å². The van der Waals surface area contributed by atoms with Gasteiger partial charge >= 0.3 is 0 Å². The summed E-state index contributed by atoms with van der Waals surface area (Å²) in [6, 6.07) is 9.71. The number of amides is 2. The lowest BCUT2D eigenvalue weighted by atomic mass is 10.1. The smallest absolute Gasteiger partial charge is 0.271 e. The van der Waals surface area contributed by atoms with Crippen LogP contribution in [0, 0.1) is 29.9 Å². The summed E-state index contributed by atoms with van der Waals surface area (Å²) < 4.78 is 5.16. The number of nitro groups is 1. The first-order valence-corrected chi connectivity index (χ1v) is 8.81. The molecular weight excluding hydrogens is 362 g/mol. The van der Waals surface area contributed by atoms with Crippen molar-refractivity contribution in [2.24, 2.45) is 5.92 Å². The maximum Gasteiger partial charge on any atom is 0.271 e. The molecular formula is C20H21N3O5. The molecule has 1 heterocycles. The first-order valence-electron chi connectivity index (χ1n) is 8.81. The zero-order valence-corrected chi connectivity index (χ0v) is 15.9. The molecule has 1 saturated heterocycles. The van der Waals surface area contributed by atoms with Crippen molar-refractivity contribution in [3.05, 3.63) is 57.6 Å². The molecule has 1 N–H and O–H groups in total. The Morgan fingerprint density at radius 3 is 2.61 bits per heavy atom. The second kappa shape index (κ2) is 7.67. The summed E-state index contributed by atoms with van der Waals surface area (Å²) in [7, 11) is 1.41. The van der Waals surface area contributed by atoms with Crippen LogP contribution in [0.4, 0.5) is 17.1 Å². The van der Waals surface area contributed by atoms with Crippen molar-refractivity contribution in [3.63, 3.8) is 0 Å². The molecule has 0 radical (unpaired) electrons. The van der Waals surface area contributed by atoms with Crippen LogP contribution in [-0.2, 0) is 9.59 Å². The Hall–Kier alpha value is -3.42. The van der Waals surface area contributed by atoms with Crippen molar-refractivity contribution >= 4 is 28.9 Å². The van der Waals surface area contributed by atoms with Crippen LogP contribution in [-0.4, -0.2) is 30.4 Å². The molecule has 0 aromatic heterocycles. The van der Waals surface area contributed by atoms with Gasteiger partial charge in [0.25, 0.3) is 5.69 Å². The normalized spacial score (nSPS) is 16.2. The molecule has 28 heavy (non-hydrogen) atoms. The third-order valence-corrected chi connectivity index (χ3v) is 4.95. The summed E-state index contributed by atoms with van der Waals surface area (Å²) in [6.07, 6.45) is 0.0794. The van der Waals surface area contributed by atoms with Crippen LogP contribution in [0.5, 0.6) is 5.75 Å². The van der Waals surface area contributed by atoms with Gasteiger partial charge < -0.3 is 15.0 Å². The predicted molar refractivity (Wildman–Crippen MR) is 105 cm³/mol. The van der Waals surface area contributed by atoms with Crippen molar-refractivity contribution in [2.45, 2.75) is 20.3 Å². The van der Waals surface area contributed by atoms with Crippen LogP contribution in [0.3, 0.4) is 0 Å². The Morgan fingerprint density at radius 2 is 1.96 bits per heavy atom. The number of nitrogens with zero attached hydrogens (tertiary/aromatic N) is 2. The van der Waals surface area contributed by atoms with E-state index in [2.05, 4.69) is 5.32 Å². The molecule has 0 aliphatic carbocycles. The van der Waals surface area contributed by atoms with Gasteiger partial charge in [0.05, 0.1) is 23.6 Å². The third kappa shape index (κ3) is 3.80. The second-order valence-corrected chi connectivity index (χ2v) is 6.80. The quantitative estimate of drug-likeness (QED) is 0.631. The summed E-state index contributed by atoms with van der Waals surface area (Å²) in [4.78, 5) is 37.2. The fourth-order valence-corrected chi connectivity index (χ4v) is 3.17. The van der Waals surface area contributed by atoms with E-state index in [0.717, 1.165) is 16.8 Å². The maximum absolute atomic E-state index is 12.7. The Bertz CT molecular complexity index is 957. The lowest BCUT2D eigenvalue weighted by molar-refractivity contribution is -0.384. The van der Waals surface area contributed by atoms with Crippen LogP contribution in [0.15, 0.2) is 36.4 Å². The minimum absolute atomic E-state index is 0.0794. The topological polar surface area (TPSA) is 102 Å². The number of nitro benzene ring substituents is 1. The third-order valence-electron chi connectivity index (χ3n) is 4.95. The first-order chi connectivity index (χ1) is 13.3.